The van der Waals surface area contributed by atoms with Crippen molar-refractivity contribution < 1.29 is 0 Å². The minimum Gasteiger partial charge on any atom is -0.377 e. The monoisotopic (exact) mass is 237 g/mol. The van der Waals surface area contributed by atoms with Crippen molar-refractivity contribution in [3.05, 3.63) is 12.4 Å². The second kappa shape index (κ2) is 6.02. The molecule has 5 heteroatoms. The Morgan fingerprint density at radius 3 is 2.82 bits per heavy atom. The summed E-state index contributed by atoms with van der Waals surface area (Å²) in [7, 11) is 0. The first kappa shape index (κ1) is 12.4. The number of rotatable bonds is 7. The zero-order chi connectivity index (χ0) is 12.1. The highest BCUT2D eigenvalue weighted by atomic mass is 15.3. The Balaban J connectivity index is 1.76. The molecule has 0 saturated carbocycles. The molecule has 1 fully saturated rings. The maximum absolute atomic E-state index is 4.38. The van der Waals surface area contributed by atoms with Crippen LogP contribution in [0.15, 0.2) is 12.4 Å². The van der Waals surface area contributed by atoms with Crippen LogP contribution in [0.5, 0.6) is 0 Å². The van der Waals surface area contributed by atoms with Crippen LogP contribution in [0.2, 0.25) is 0 Å². The van der Waals surface area contributed by atoms with Gasteiger partial charge in [0, 0.05) is 25.8 Å². The van der Waals surface area contributed by atoms with Crippen LogP contribution < -0.4 is 10.6 Å². The number of hydrogen-bond donors (Lipinski definition) is 2. The Bertz CT molecular complexity index is 327. The molecule has 0 radical (unpaired) electrons. The van der Waals surface area contributed by atoms with Crippen LogP contribution in [0.3, 0.4) is 0 Å². The van der Waals surface area contributed by atoms with E-state index in [1.165, 1.54) is 0 Å². The van der Waals surface area contributed by atoms with Crippen molar-refractivity contribution in [3.63, 3.8) is 0 Å². The third-order valence-corrected chi connectivity index (χ3v) is 3.33. The van der Waals surface area contributed by atoms with Gasteiger partial charge >= 0.3 is 0 Å². The second-order valence-electron chi connectivity index (χ2n) is 4.52. The fourth-order valence-electron chi connectivity index (χ4n) is 1.97. The number of aromatic nitrogens is 2. The largest absolute Gasteiger partial charge is 0.377 e. The third kappa shape index (κ3) is 3.44. The van der Waals surface area contributed by atoms with Gasteiger partial charge in [0.15, 0.2) is 0 Å². The molecule has 1 aliphatic rings. The maximum atomic E-state index is 4.38. The standard InChI is InChI=1S/C12H23N5/c1-3-16(4-2)5-6-17-10-12(9-14-17)15-11-7-13-8-11/h9-11,13,15H,3-8H2,1-2H3. The number of anilines is 1. The van der Waals surface area contributed by atoms with E-state index in [1.54, 1.807) is 0 Å². The van der Waals surface area contributed by atoms with Crippen LogP contribution in [-0.4, -0.2) is 53.4 Å². The van der Waals surface area contributed by atoms with E-state index in [-0.39, 0.29) is 0 Å². The van der Waals surface area contributed by atoms with Crippen LogP contribution in [-0.2, 0) is 6.54 Å². The van der Waals surface area contributed by atoms with E-state index in [0.29, 0.717) is 6.04 Å². The van der Waals surface area contributed by atoms with Crippen molar-refractivity contribution in [1.82, 2.24) is 20.0 Å². The van der Waals surface area contributed by atoms with E-state index in [1.807, 2.05) is 10.9 Å². The number of likely N-dealkylation sites (N-methyl/N-ethyl adjacent to an activating group) is 1. The summed E-state index contributed by atoms with van der Waals surface area (Å²) in [4.78, 5) is 2.41. The molecule has 0 aromatic carbocycles. The summed E-state index contributed by atoms with van der Waals surface area (Å²) in [6, 6.07) is 0.579. The Hall–Kier alpha value is -1.07. The topological polar surface area (TPSA) is 45.1 Å². The highest BCUT2D eigenvalue weighted by molar-refractivity contribution is 5.40. The van der Waals surface area contributed by atoms with E-state index in [9.17, 15) is 0 Å². The van der Waals surface area contributed by atoms with E-state index >= 15 is 0 Å². The van der Waals surface area contributed by atoms with Gasteiger partial charge in [-0.05, 0) is 13.1 Å². The van der Waals surface area contributed by atoms with Crippen LogP contribution in [0.25, 0.3) is 0 Å². The fourth-order valence-corrected chi connectivity index (χ4v) is 1.97. The van der Waals surface area contributed by atoms with Crippen molar-refractivity contribution in [3.8, 4) is 0 Å². The highest BCUT2D eigenvalue weighted by Crippen LogP contribution is 2.08. The summed E-state index contributed by atoms with van der Waals surface area (Å²) < 4.78 is 2.02. The number of hydrogen-bond acceptors (Lipinski definition) is 4. The van der Waals surface area contributed by atoms with Crippen LogP contribution in [0, 0.1) is 0 Å². The molecule has 0 unspecified atom stereocenters. The minimum atomic E-state index is 0.579. The molecule has 2 N–H and O–H groups in total. The molecular formula is C12H23N5. The summed E-state index contributed by atoms with van der Waals surface area (Å²) in [6.07, 6.45) is 4.02. The Labute approximate surface area is 103 Å². The van der Waals surface area contributed by atoms with Crippen molar-refractivity contribution in [2.24, 2.45) is 0 Å². The fraction of sp³-hybridized carbons (Fsp3) is 0.750. The van der Waals surface area contributed by atoms with Crippen molar-refractivity contribution in [2.75, 3.05) is 38.0 Å². The molecule has 1 aromatic rings. The predicted molar refractivity (Wildman–Crippen MR) is 70.3 cm³/mol. The van der Waals surface area contributed by atoms with Crippen LogP contribution >= 0.6 is 0 Å². The first-order valence-electron chi connectivity index (χ1n) is 6.54. The van der Waals surface area contributed by atoms with Gasteiger partial charge in [-0.15, -0.1) is 0 Å². The smallest absolute Gasteiger partial charge is 0.0729 e. The predicted octanol–water partition coefficient (Wildman–Crippen LogP) is 0.609. The lowest BCUT2D eigenvalue weighted by Gasteiger charge is -2.28. The lowest BCUT2D eigenvalue weighted by atomic mass is 10.2. The zero-order valence-corrected chi connectivity index (χ0v) is 10.8. The van der Waals surface area contributed by atoms with E-state index in [2.05, 4.69) is 40.7 Å². The first-order chi connectivity index (χ1) is 8.31. The lowest BCUT2D eigenvalue weighted by molar-refractivity contribution is 0.285. The molecule has 1 saturated heterocycles. The highest BCUT2D eigenvalue weighted by Gasteiger charge is 2.16. The molecule has 2 heterocycles. The van der Waals surface area contributed by atoms with Gasteiger partial charge in [0.05, 0.1) is 24.5 Å². The van der Waals surface area contributed by atoms with Crippen molar-refractivity contribution in [2.45, 2.75) is 26.4 Å². The quantitative estimate of drug-likeness (QED) is 0.729. The summed E-state index contributed by atoms with van der Waals surface area (Å²) in [5, 5.41) is 11.1. The first-order valence-corrected chi connectivity index (χ1v) is 6.54. The molecular weight excluding hydrogens is 214 g/mol. The molecule has 0 spiro atoms. The average molecular weight is 237 g/mol. The van der Waals surface area contributed by atoms with Gasteiger partial charge in [0.25, 0.3) is 0 Å². The maximum Gasteiger partial charge on any atom is 0.0729 e. The number of nitrogens with one attached hydrogen (secondary N) is 2. The lowest BCUT2D eigenvalue weighted by Crippen LogP contribution is -2.51. The Morgan fingerprint density at radius 1 is 1.47 bits per heavy atom. The van der Waals surface area contributed by atoms with Gasteiger partial charge < -0.3 is 15.5 Å². The van der Waals surface area contributed by atoms with E-state index < -0.39 is 0 Å². The van der Waals surface area contributed by atoms with Crippen LogP contribution in [0.4, 0.5) is 5.69 Å². The minimum absolute atomic E-state index is 0.579. The molecule has 0 amide bonds. The van der Waals surface area contributed by atoms with Crippen molar-refractivity contribution >= 4 is 5.69 Å². The summed E-state index contributed by atoms with van der Waals surface area (Å²) in [5.41, 5.74) is 1.14. The molecule has 17 heavy (non-hydrogen) atoms. The van der Waals surface area contributed by atoms with Gasteiger partial charge in [-0.3, -0.25) is 4.68 Å². The van der Waals surface area contributed by atoms with Crippen LogP contribution in [0.1, 0.15) is 13.8 Å². The Morgan fingerprint density at radius 2 is 2.24 bits per heavy atom. The molecule has 96 valence electrons. The molecule has 1 aliphatic heterocycles. The van der Waals surface area contributed by atoms with Gasteiger partial charge in [-0.1, -0.05) is 13.8 Å². The summed E-state index contributed by atoms with van der Waals surface area (Å²) in [6.45, 7) is 10.8. The number of nitrogens with zero attached hydrogens (tertiary/aromatic N) is 3. The molecule has 0 bridgehead atoms. The van der Waals surface area contributed by atoms with E-state index in [4.69, 9.17) is 0 Å². The normalized spacial score (nSPS) is 16.2. The molecule has 1 aromatic heterocycles. The van der Waals surface area contributed by atoms with Gasteiger partial charge in [0.1, 0.15) is 0 Å². The van der Waals surface area contributed by atoms with Crippen molar-refractivity contribution in [1.29, 1.82) is 0 Å². The SMILES string of the molecule is CCN(CC)CCn1cc(NC2CNC2)cn1. The summed E-state index contributed by atoms with van der Waals surface area (Å²) in [5.74, 6) is 0. The molecule has 0 atom stereocenters. The summed E-state index contributed by atoms with van der Waals surface area (Å²) >= 11 is 0. The second-order valence-corrected chi connectivity index (χ2v) is 4.52. The van der Waals surface area contributed by atoms with Gasteiger partial charge in [-0.2, -0.15) is 5.10 Å². The zero-order valence-electron chi connectivity index (χ0n) is 10.8. The Kier molecular flexibility index (Phi) is 4.39. The molecule has 2 rings (SSSR count). The van der Waals surface area contributed by atoms with Gasteiger partial charge in [0.2, 0.25) is 0 Å². The average Bonchev–Trinajstić information content (AvgIpc) is 2.73. The molecule has 0 aliphatic carbocycles. The van der Waals surface area contributed by atoms with Gasteiger partial charge in [-0.25, -0.2) is 0 Å². The third-order valence-electron chi connectivity index (χ3n) is 3.33. The van der Waals surface area contributed by atoms with E-state index in [0.717, 1.165) is 45.0 Å². The molecule has 5 nitrogen and oxygen atoms in total.